The van der Waals surface area contributed by atoms with E-state index in [1.807, 2.05) is 43.3 Å². The first kappa shape index (κ1) is 21.6. The molecule has 1 atom stereocenters. The Labute approximate surface area is 164 Å². The third-order valence-electron chi connectivity index (χ3n) is 4.32. The number of nitrogens with zero attached hydrogens (tertiary/aromatic N) is 1. The fourth-order valence-electron chi connectivity index (χ4n) is 2.92. The second-order valence-electron chi connectivity index (χ2n) is 6.66. The fraction of sp³-hybridized carbons (Fsp3) is 0.364. The Bertz CT molecular complexity index is 749. The van der Waals surface area contributed by atoms with Crippen molar-refractivity contribution in [3.8, 4) is 0 Å². The lowest BCUT2D eigenvalue weighted by molar-refractivity contribution is -0.129. The molecule has 0 radical (unpaired) electrons. The summed E-state index contributed by atoms with van der Waals surface area (Å²) < 4.78 is 17.2. The monoisotopic (exact) mass is 387 g/mol. The number of ether oxygens (including phenoxy) is 1. The van der Waals surface area contributed by atoms with E-state index in [0.29, 0.717) is 19.3 Å². The highest BCUT2D eigenvalue weighted by Gasteiger charge is 2.37. The highest BCUT2D eigenvalue weighted by molar-refractivity contribution is 5.93. The van der Waals surface area contributed by atoms with Crippen LogP contribution in [0.5, 0.6) is 0 Å². The number of imide groups is 1. The average Bonchev–Trinajstić information content (AvgIpc) is 3.03. The van der Waals surface area contributed by atoms with Crippen LogP contribution in [0.1, 0.15) is 30.4 Å². The van der Waals surface area contributed by atoms with Crippen molar-refractivity contribution in [2.45, 2.75) is 38.6 Å². The lowest BCUT2D eigenvalue weighted by Crippen LogP contribution is -2.40. The first-order valence-corrected chi connectivity index (χ1v) is 9.37. The molecule has 3 rings (SSSR count). The van der Waals surface area contributed by atoms with Crippen molar-refractivity contribution in [2.75, 3.05) is 13.2 Å². The van der Waals surface area contributed by atoms with E-state index in [2.05, 4.69) is 0 Å². The van der Waals surface area contributed by atoms with Crippen molar-refractivity contribution in [3.05, 3.63) is 71.5 Å². The number of aliphatic hydroxyl groups is 1. The Morgan fingerprint density at radius 1 is 1.18 bits per heavy atom. The van der Waals surface area contributed by atoms with Gasteiger partial charge in [0.15, 0.2) is 0 Å². The molecule has 1 N–H and O–H groups in total. The van der Waals surface area contributed by atoms with Crippen LogP contribution >= 0.6 is 0 Å². The third kappa shape index (κ3) is 6.78. The molecule has 6 heteroatoms. The van der Waals surface area contributed by atoms with Crippen LogP contribution in [-0.4, -0.2) is 41.3 Å². The quantitative estimate of drug-likeness (QED) is 0.764. The van der Waals surface area contributed by atoms with Gasteiger partial charge in [-0.1, -0.05) is 42.5 Å². The number of aryl methyl sites for hydroxylation is 1. The molecule has 1 fully saturated rings. The van der Waals surface area contributed by atoms with Crippen LogP contribution in [0.2, 0.25) is 0 Å². The molecule has 1 unspecified atom stereocenters. The van der Waals surface area contributed by atoms with E-state index >= 15 is 0 Å². The van der Waals surface area contributed by atoms with Gasteiger partial charge in [-0.15, -0.1) is 0 Å². The van der Waals surface area contributed by atoms with Gasteiger partial charge in [-0.25, -0.2) is 14.1 Å². The van der Waals surface area contributed by atoms with Crippen molar-refractivity contribution >= 4 is 12.0 Å². The molecule has 28 heavy (non-hydrogen) atoms. The fourth-order valence-corrected chi connectivity index (χ4v) is 2.92. The molecular weight excluding hydrogens is 361 g/mol. The number of hydrogen-bond acceptors (Lipinski definition) is 4. The van der Waals surface area contributed by atoms with Gasteiger partial charge in [0.05, 0.1) is 6.04 Å². The predicted octanol–water partition coefficient (Wildman–Crippen LogP) is 3.87. The summed E-state index contributed by atoms with van der Waals surface area (Å²) in [5.41, 5.74) is 2.04. The summed E-state index contributed by atoms with van der Waals surface area (Å²) >= 11 is 0. The van der Waals surface area contributed by atoms with Gasteiger partial charge in [0.25, 0.3) is 0 Å². The molecule has 0 aromatic heterocycles. The number of cyclic esters (lactones) is 1. The van der Waals surface area contributed by atoms with Gasteiger partial charge in [-0.05, 0) is 49.4 Å². The summed E-state index contributed by atoms with van der Waals surface area (Å²) in [6.07, 6.45) is 1.47. The number of benzene rings is 2. The van der Waals surface area contributed by atoms with Gasteiger partial charge in [0, 0.05) is 13.0 Å². The molecule has 0 spiro atoms. The van der Waals surface area contributed by atoms with Gasteiger partial charge in [0.1, 0.15) is 12.4 Å². The van der Waals surface area contributed by atoms with Crippen molar-refractivity contribution in [3.63, 3.8) is 0 Å². The van der Waals surface area contributed by atoms with Crippen LogP contribution in [0.3, 0.4) is 0 Å². The summed E-state index contributed by atoms with van der Waals surface area (Å²) in [6, 6.07) is 16.0. The van der Waals surface area contributed by atoms with Gasteiger partial charge in [0.2, 0.25) is 5.91 Å². The molecule has 2 amide bonds. The van der Waals surface area contributed by atoms with Crippen molar-refractivity contribution < 1.29 is 23.8 Å². The molecule has 0 aliphatic carbocycles. The van der Waals surface area contributed by atoms with E-state index in [1.54, 1.807) is 6.07 Å². The molecule has 1 aliphatic rings. The topological polar surface area (TPSA) is 66.8 Å². The highest BCUT2D eigenvalue weighted by Crippen LogP contribution is 2.19. The van der Waals surface area contributed by atoms with E-state index in [0.717, 1.165) is 11.1 Å². The van der Waals surface area contributed by atoms with Crippen LogP contribution in [0.15, 0.2) is 54.6 Å². The van der Waals surface area contributed by atoms with Gasteiger partial charge in [-0.2, -0.15) is 0 Å². The van der Waals surface area contributed by atoms with Gasteiger partial charge < -0.3 is 9.84 Å². The van der Waals surface area contributed by atoms with Crippen molar-refractivity contribution in [2.24, 2.45) is 0 Å². The molecule has 2 aromatic rings. The highest BCUT2D eigenvalue weighted by atomic mass is 19.1. The number of amides is 2. The summed E-state index contributed by atoms with van der Waals surface area (Å²) in [5, 5.41) is 8.73. The number of carbonyl (C=O) groups excluding carboxylic acids is 2. The van der Waals surface area contributed by atoms with E-state index in [9.17, 15) is 14.0 Å². The third-order valence-corrected chi connectivity index (χ3v) is 4.32. The minimum absolute atomic E-state index is 0.0607. The minimum Gasteiger partial charge on any atom is -0.447 e. The molecular formula is C22H26FNO4. The van der Waals surface area contributed by atoms with E-state index in [4.69, 9.17) is 9.84 Å². The molecule has 1 saturated heterocycles. The van der Waals surface area contributed by atoms with Crippen LogP contribution in [0, 0.1) is 12.7 Å². The zero-order chi connectivity index (χ0) is 20.4. The van der Waals surface area contributed by atoms with Crippen LogP contribution < -0.4 is 0 Å². The molecule has 5 nitrogen and oxygen atoms in total. The average molecular weight is 387 g/mol. The molecule has 150 valence electrons. The SMILES string of the molecule is Cc1cccc(F)c1.O=C(CCCCO)N1C(=O)OCC1Cc1ccccc1. The zero-order valence-corrected chi connectivity index (χ0v) is 16.0. The predicted molar refractivity (Wildman–Crippen MR) is 104 cm³/mol. The normalized spacial score (nSPS) is 15.6. The maximum absolute atomic E-state index is 12.2. The van der Waals surface area contributed by atoms with E-state index in [-0.39, 0.29) is 37.4 Å². The number of aliphatic hydroxyl groups excluding tert-OH is 1. The Morgan fingerprint density at radius 3 is 2.54 bits per heavy atom. The number of hydrogen-bond donors (Lipinski definition) is 1. The maximum Gasteiger partial charge on any atom is 0.416 e. The smallest absolute Gasteiger partial charge is 0.416 e. The number of unbranched alkanes of at least 4 members (excludes halogenated alkanes) is 1. The summed E-state index contributed by atoms with van der Waals surface area (Å²) in [4.78, 5) is 25.0. The zero-order valence-electron chi connectivity index (χ0n) is 16.0. The Balaban J connectivity index is 0.000000292. The van der Waals surface area contributed by atoms with E-state index in [1.165, 1.54) is 17.0 Å². The Morgan fingerprint density at radius 2 is 1.93 bits per heavy atom. The van der Waals surface area contributed by atoms with Crippen LogP contribution in [0.25, 0.3) is 0 Å². The second-order valence-corrected chi connectivity index (χ2v) is 6.66. The molecule has 0 bridgehead atoms. The first-order valence-electron chi connectivity index (χ1n) is 9.37. The first-order chi connectivity index (χ1) is 13.5. The Kier molecular flexibility index (Phi) is 8.62. The number of carbonyl (C=O) groups is 2. The summed E-state index contributed by atoms with van der Waals surface area (Å²) in [6.45, 7) is 2.17. The maximum atomic E-state index is 12.2. The molecule has 0 saturated carbocycles. The lowest BCUT2D eigenvalue weighted by atomic mass is 10.1. The number of rotatable bonds is 6. The second kappa shape index (κ2) is 11.2. The van der Waals surface area contributed by atoms with Crippen molar-refractivity contribution in [1.82, 2.24) is 4.90 Å². The molecule has 2 aromatic carbocycles. The Hall–Kier alpha value is -2.73. The summed E-state index contributed by atoms with van der Waals surface area (Å²) in [7, 11) is 0. The standard InChI is InChI=1S/C15H19NO4.C7H7F/c17-9-5-4-8-14(18)16-13(11-20-15(16)19)10-12-6-2-1-3-7-12;1-6-3-2-4-7(8)5-6/h1-3,6-7,13,17H,4-5,8-11H2;2-5H,1H3. The van der Waals surface area contributed by atoms with Crippen molar-refractivity contribution in [1.29, 1.82) is 0 Å². The molecule has 1 aliphatic heterocycles. The van der Waals surface area contributed by atoms with Gasteiger partial charge >= 0.3 is 6.09 Å². The lowest BCUT2D eigenvalue weighted by Gasteiger charge is -2.19. The summed E-state index contributed by atoms with van der Waals surface area (Å²) in [5.74, 6) is -0.383. The van der Waals surface area contributed by atoms with Crippen LogP contribution in [-0.2, 0) is 16.0 Å². The van der Waals surface area contributed by atoms with Gasteiger partial charge in [-0.3, -0.25) is 4.79 Å². The van der Waals surface area contributed by atoms with E-state index < -0.39 is 6.09 Å². The number of halogens is 1. The van der Waals surface area contributed by atoms with Crippen LogP contribution in [0.4, 0.5) is 9.18 Å². The molecule has 1 heterocycles. The largest absolute Gasteiger partial charge is 0.447 e. The minimum atomic E-state index is -0.556.